The van der Waals surface area contributed by atoms with Crippen LogP contribution >= 0.6 is 0 Å². The van der Waals surface area contributed by atoms with Crippen LogP contribution in [0, 0.1) is 6.92 Å². The summed E-state index contributed by atoms with van der Waals surface area (Å²) in [5.41, 5.74) is 7.02. The van der Waals surface area contributed by atoms with Crippen molar-refractivity contribution in [2.45, 2.75) is 19.0 Å². The molecular formula is C10H15N3O. The molecule has 3 N–H and O–H groups in total. The van der Waals surface area contributed by atoms with Gasteiger partial charge in [0.15, 0.2) is 0 Å². The molecule has 1 fully saturated rings. The van der Waals surface area contributed by atoms with Gasteiger partial charge in [-0.2, -0.15) is 0 Å². The lowest BCUT2D eigenvalue weighted by Gasteiger charge is -2.17. The highest BCUT2D eigenvalue weighted by Crippen LogP contribution is 2.12. The zero-order chi connectivity index (χ0) is 10.1. The summed E-state index contributed by atoms with van der Waals surface area (Å²) >= 11 is 0. The lowest BCUT2D eigenvalue weighted by Crippen LogP contribution is -2.36. The Kier molecular flexibility index (Phi) is 2.39. The number of pyridine rings is 1. The fourth-order valence-electron chi connectivity index (χ4n) is 1.86. The number of hydrogen-bond donors (Lipinski definition) is 2. The fourth-order valence-corrected chi connectivity index (χ4v) is 1.86. The Hall–Kier alpha value is -1.13. The summed E-state index contributed by atoms with van der Waals surface area (Å²) in [5, 5.41) is 3.18. The summed E-state index contributed by atoms with van der Waals surface area (Å²) in [4.78, 5) is 11.6. The van der Waals surface area contributed by atoms with E-state index < -0.39 is 0 Å². The molecule has 0 unspecified atom stereocenters. The quantitative estimate of drug-likeness (QED) is 0.639. The molecule has 2 atom stereocenters. The standard InChI is InChI=1S/C10H15N3O/c1-7-2-3-10(14)13(6-7)9-5-12-4-8(9)11/h2-3,6,8-9,12H,4-5,11H2,1H3/t8-,9-/m1/s1. The zero-order valence-corrected chi connectivity index (χ0v) is 8.23. The number of aryl methyl sites for hydroxylation is 1. The third-order valence-electron chi connectivity index (χ3n) is 2.67. The summed E-state index contributed by atoms with van der Waals surface area (Å²) in [7, 11) is 0. The van der Waals surface area contributed by atoms with Gasteiger partial charge in [0.1, 0.15) is 0 Å². The predicted octanol–water partition coefficient (Wildman–Crippen LogP) is -0.372. The summed E-state index contributed by atoms with van der Waals surface area (Å²) in [6.07, 6.45) is 1.87. The van der Waals surface area contributed by atoms with Crippen LogP contribution < -0.4 is 16.6 Å². The van der Waals surface area contributed by atoms with Gasteiger partial charge in [-0.15, -0.1) is 0 Å². The Bertz CT molecular complexity index is 385. The molecule has 1 aliphatic heterocycles. The monoisotopic (exact) mass is 193 g/mol. The zero-order valence-electron chi connectivity index (χ0n) is 8.23. The molecule has 0 aliphatic carbocycles. The van der Waals surface area contributed by atoms with Crippen molar-refractivity contribution in [3.8, 4) is 0 Å². The van der Waals surface area contributed by atoms with Gasteiger partial charge in [0.2, 0.25) is 0 Å². The highest BCUT2D eigenvalue weighted by atomic mass is 16.1. The second-order valence-electron chi connectivity index (χ2n) is 3.84. The van der Waals surface area contributed by atoms with Crippen LogP contribution in [-0.4, -0.2) is 23.7 Å². The van der Waals surface area contributed by atoms with Crippen LogP contribution in [0.5, 0.6) is 0 Å². The molecule has 2 rings (SSSR count). The van der Waals surface area contributed by atoms with E-state index >= 15 is 0 Å². The van der Waals surface area contributed by atoms with Gasteiger partial charge in [-0.1, -0.05) is 6.07 Å². The van der Waals surface area contributed by atoms with Gasteiger partial charge in [-0.25, -0.2) is 0 Å². The average Bonchev–Trinajstić information content (AvgIpc) is 2.56. The summed E-state index contributed by atoms with van der Waals surface area (Å²) in [5.74, 6) is 0. The maximum absolute atomic E-state index is 11.6. The van der Waals surface area contributed by atoms with Crippen LogP contribution in [0.3, 0.4) is 0 Å². The van der Waals surface area contributed by atoms with E-state index in [4.69, 9.17) is 5.73 Å². The van der Waals surface area contributed by atoms with Crippen molar-refractivity contribution in [2.75, 3.05) is 13.1 Å². The molecule has 0 amide bonds. The molecule has 1 aromatic heterocycles. The molecule has 14 heavy (non-hydrogen) atoms. The molecule has 0 saturated carbocycles. The SMILES string of the molecule is Cc1ccc(=O)n([C@@H]2CNC[C@H]2N)c1. The Morgan fingerprint density at radius 3 is 2.93 bits per heavy atom. The van der Waals surface area contributed by atoms with Crippen molar-refractivity contribution in [1.29, 1.82) is 0 Å². The number of hydrogen-bond acceptors (Lipinski definition) is 3. The smallest absolute Gasteiger partial charge is 0.250 e. The fraction of sp³-hybridized carbons (Fsp3) is 0.500. The average molecular weight is 193 g/mol. The van der Waals surface area contributed by atoms with Crippen molar-refractivity contribution in [1.82, 2.24) is 9.88 Å². The van der Waals surface area contributed by atoms with Gasteiger partial charge in [0.05, 0.1) is 6.04 Å². The Balaban J connectivity index is 2.40. The maximum Gasteiger partial charge on any atom is 0.250 e. The minimum Gasteiger partial charge on any atom is -0.325 e. The number of nitrogens with one attached hydrogen (secondary N) is 1. The number of aromatic nitrogens is 1. The van der Waals surface area contributed by atoms with Gasteiger partial charge < -0.3 is 15.6 Å². The van der Waals surface area contributed by atoms with Crippen molar-refractivity contribution in [3.63, 3.8) is 0 Å². The largest absolute Gasteiger partial charge is 0.325 e. The van der Waals surface area contributed by atoms with Gasteiger partial charge in [0, 0.05) is 31.4 Å². The van der Waals surface area contributed by atoms with Crippen molar-refractivity contribution in [2.24, 2.45) is 5.73 Å². The minimum atomic E-state index is 0.0275. The summed E-state index contributed by atoms with van der Waals surface area (Å²) in [6.45, 7) is 3.54. The Morgan fingerprint density at radius 2 is 2.29 bits per heavy atom. The molecule has 76 valence electrons. The topological polar surface area (TPSA) is 60.0 Å². The summed E-state index contributed by atoms with van der Waals surface area (Å²) in [6, 6.07) is 3.56. The van der Waals surface area contributed by atoms with Gasteiger partial charge in [0.25, 0.3) is 5.56 Å². The number of rotatable bonds is 1. The molecule has 1 aromatic rings. The normalized spacial score (nSPS) is 26.7. The van der Waals surface area contributed by atoms with E-state index in [1.165, 1.54) is 0 Å². The van der Waals surface area contributed by atoms with E-state index in [1.807, 2.05) is 19.2 Å². The highest BCUT2D eigenvalue weighted by Gasteiger charge is 2.25. The van der Waals surface area contributed by atoms with Crippen molar-refractivity contribution in [3.05, 3.63) is 34.2 Å². The number of nitrogens with two attached hydrogens (primary N) is 1. The lowest BCUT2D eigenvalue weighted by molar-refractivity contribution is 0.476. The first-order valence-electron chi connectivity index (χ1n) is 4.83. The molecule has 0 radical (unpaired) electrons. The first kappa shape index (κ1) is 9.43. The first-order valence-corrected chi connectivity index (χ1v) is 4.83. The Morgan fingerprint density at radius 1 is 1.50 bits per heavy atom. The molecule has 0 spiro atoms. The molecule has 0 bridgehead atoms. The molecule has 4 nitrogen and oxygen atoms in total. The van der Waals surface area contributed by atoms with E-state index in [0.717, 1.165) is 18.7 Å². The third-order valence-corrected chi connectivity index (χ3v) is 2.67. The second kappa shape index (κ2) is 3.55. The van der Waals surface area contributed by atoms with Crippen molar-refractivity contribution < 1.29 is 0 Å². The van der Waals surface area contributed by atoms with E-state index in [2.05, 4.69) is 5.32 Å². The van der Waals surface area contributed by atoms with Gasteiger partial charge in [-0.3, -0.25) is 4.79 Å². The first-order chi connectivity index (χ1) is 6.68. The van der Waals surface area contributed by atoms with Crippen molar-refractivity contribution >= 4 is 0 Å². The predicted molar refractivity (Wildman–Crippen MR) is 55.3 cm³/mol. The lowest BCUT2D eigenvalue weighted by atomic mass is 10.1. The van der Waals surface area contributed by atoms with E-state index in [9.17, 15) is 4.79 Å². The molecule has 1 aliphatic rings. The minimum absolute atomic E-state index is 0.0275. The summed E-state index contributed by atoms with van der Waals surface area (Å²) < 4.78 is 1.74. The van der Waals surface area contributed by atoms with E-state index in [0.29, 0.717) is 0 Å². The van der Waals surface area contributed by atoms with Gasteiger partial charge in [-0.05, 0) is 12.5 Å². The second-order valence-corrected chi connectivity index (χ2v) is 3.84. The van der Waals surface area contributed by atoms with E-state index in [-0.39, 0.29) is 17.6 Å². The highest BCUT2D eigenvalue weighted by molar-refractivity contribution is 5.09. The van der Waals surface area contributed by atoms with Crippen LogP contribution in [-0.2, 0) is 0 Å². The van der Waals surface area contributed by atoms with Crippen LogP contribution in [0.2, 0.25) is 0 Å². The Labute approximate surface area is 82.7 Å². The van der Waals surface area contributed by atoms with Gasteiger partial charge >= 0.3 is 0 Å². The van der Waals surface area contributed by atoms with Crippen LogP contribution in [0.4, 0.5) is 0 Å². The third kappa shape index (κ3) is 1.58. The molecule has 2 heterocycles. The van der Waals surface area contributed by atoms with E-state index in [1.54, 1.807) is 10.6 Å². The number of nitrogens with zero attached hydrogens (tertiary/aromatic N) is 1. The molecule has 0 aromatic carbocycles. The van der Waals surface area contributed by atoms with Crippen LogP contribution in [0.1, 0.15) is 11.6 Å². The van der Waals surface area contributed by atoms with Crippen LogP contribution in [0.15, 0.2) is 23.1 Å². The van der Waals surface area contributed by atoms with Crippen LogP contribution in [0.25, 0.3) is 0 Å². The molecular weight excluding hydrogens is 178 g/mol. The molecule has 4 heteroatoms. The maximum atomic E-state index is 11.6. The molecule has 1 saturated heterocycles.